The zero-order chi connectivity index (χ0) is 14.5. The first-order valence-corrected chi connectivity index (χ1v) is 9.71. The fourth-order valence-electron chi connectivity index (χ4n) is 3.18. The molecule has 3 rings (SSSR count). The Balaban J connectivity index is 1.55. The van der Waals surface area contributed by atoms with Gasteiger partial charge in [-0.3, -0.25) is 0 Å². The molecule has 21 heavy (non-hydrogen) atoms. The molecule has 0 bridgehead atoms. The number of nitrogens with one attached hydrogen (secondary N) is 1. The molecule has 1 aromatic heterocycles. The predicted molar refractivity (Wildman–Crippen MR) is 94.7 cm³/mol. The van der Waals surface area contributed by atoms with Gasteiger partial charge in [-0.2, -0.15) is 0 Å². The quantitative estimate of drug-likeness (QED) is 0.809. The summed E-state index contributed by atoms with van der Waals surface area (Å²) in [4.78, 5) is 3.85. The van der Waals surface area contributed by atoms with E-state index in [2.05, 4.69) is 27.7 Å². The monoisotopic (exact) mass is 322 g/mol. The molecule has 1 N–H and O–H groups in total. The third kappa shape index (κ3) is 4.68. The van der Waals surface area contributed by atoms with Crippen molar-refractivity contribution in [1.29, 1.82) is 0 Å². The largest absolute Gasteiger partial charge is 0.360 e. The van der Waals surface area contributed by atoms with Crippen molar-refractivity contribution in [3.8, 4) is 0 Å². The van der Waals surface area contributed by atoms with Crippen LogP contribution in [0.1, 0.15) is 62.7 Å². The normalized spacial score (nSPS) is 20.6. The molecular formula is C17H26N2S2. The Labute approximate surface area is 137 Å². The molecule has 4 heteroatoms. The van der Waals surface area contributed by atoms with Crippen molar-refractivity contribution in [2.75, 3.05) is 0 Å². The summed E-state index contributed by atoms with van der Waals surface area (Å²) >= 11 is 7.58. The Kier molecular flexibility index (Phi) is 5.53. The molecule has 2 saturated carbocycles. The van der Waals surface area contributed by atoms with Crippen LogP contribution in [0.3, 0.4) is 0 Å². The Morgan fingerprint density at radius 1 is 1.14 bits per heavy atom. The summed E-state index contributed by atoms with van der Waals surface area (Å²) in [6.07, 6.45) is 12.1. The molecule has 0 radical (unpaired) electrons. The fraction of sp³-hybridized carbons (Fsp3) is 0.706. The molecule has 0 atom stereocenters. The number of thiophene rings is 1. The Bertz CT molecular complexity index is 432. The third-order valence-electron chi connectivity index (χ3n) is 4.59. The van der Waals surface area contributed by atoms with Gasteiger partial charge in [-0.15, -0.1) is 11.3 Å². The highest BCUT2D eigenvalue weighted by atomic mass is 32.1. The van der Waals surface area contributed by atoms with Crippen molar-refractivity contribution >= 4 is 28.7 Å². The van der Waals surface area contributed by atoms with Crippen LogP contribution in [0.25, 0.3) is 0 Å². The van der Waals surface area contributed by atoms with Gasteiger partial charge < -0.3 is 10.2 Å². The van der Waals surface area contributed by atoms with Crippen molar-refractivity contribution in [3.05, 3.63) is 22.4 Å². The number of rotatable bonds is 4. The van der Waals surface area contributed by atoms with Crippen molar-refractivity contribution < 1.29 is 0 Å². The van der Waals surface area contributed by atoms with Crippen molar-refractivity contribution in [3.63, 3.8) is 0 Å². The molecule has 2 nitrogen and oxygen atoms in total. The van der Waals surface area contributed by atoms with E-state index in [1.165, 1.54) is 62.7 Å². The maximum absolute atomic E-state index is 5.74. The van der Waals surface area contributed by atoms with E-state index in [0.717, 1.165) is 11.7 Å². The van der Waals surface area contributed by atoms with Crippen molar-refractivity contribution in [1.82, 2.24) is 10.2 Å². The van der Waals surface area contributed by atoms with Crippen molar-refractivity contribution in [2.45, 2.75) is 76.4 Å². The molecule has 0 amide bonds. The highest BCUT2D eigenvalue weighted by Gasteiger charge is 2.31. The first kappa shape index (κ1) is 15.3. The van der Waals surface area contributed by atoms with Gasteiger partial charge >= 0.3 is 0 Å². The molecule has 0 aromatic carbocycles. The summed E-state index contributed by atoms with van der Waals surface area (Å²) in [7, 11) is 0. The molecule has 1 heterocycles. The average Bonchev–Trinajstić information content (AvgIpc) is 3.15. The lowest BCUT2D eigenvalue weighted by molar-refractivity contribution is 0.370. The molecular weight excluding hydrogens is 296 g/mol. The number of nitrogens with zero attached hydrogens (tertiary/aromatic N) is 1. The van der Waals surface area contributed by atoms with Gasteiger partial charge in [0.15, 0.2) is 5.11 Å². The van der Waals surface area contributed by atoms with E-state index < -0.39 is 0 Å². The van der Waals surface area contributed by atoms with E-state index in [1.807, 2.05) is 11.3 Å². The van der Waals surface area contributed by atoms with Gasteiger partial charge in [0.2, 0.25) is 0 Å². The van der Waals surface area contributed by atoms with Crippen LogP contribution in [0, 0.1) is 0 Å². The topological polar surface area (TPSA) is 15.3 Å². The molecule has 2 fully saturated rings. The lowest BCUT2D eigenvalue weighted by Crippen LogP contribution is -2.45. The molecule has 0 spiro atoms. The van der Waals surface area contributed by atoms with E-state index in [0.29, 0.717) is 12.1 Å². The molecule has 0 aliphatic heterocycles. The summed E-state index contributed by atoms with van der Waals surface area (Å²) in [5, 5.41) is 6.84. The molecule has 116 valence electrons. The SMILES string of the molecule is S=C(NC1CCCCCCC1)N(Cc1cccs1)C1CC1. The van der Waals surface area contributed by atoms with Crippen LogP contribution in [0.15, 0.2) is 17.5 Å². The highest BCUT2D eigenvalue weighted by Crippen LogP contribution is 2.29. The van der Waals surface area contributed by atoms with Crippen LogP contribution in [-0.4, -0.2) is 22.1 Å². The Morgan fingerprint density at radius 3 is 2.48 bits per heavy atom. The summed E-state index contributed by atoms with van der Waals surface area (Å²) in [5.74, 6) is 0. The van der Waals surface area contributed by atoms with Gasteiger partial charge in [0.1, 0.15) is 0 Å². The standard InChI is InChI=1S/C17H26N2S2/c20-17(18-14-7-4-2-1-3-5-8-14)19(15-10-11-15)13-16-9-6-12-21-16/h6,9,12,14-15H,1-5,7-8,10-11,13H2,(H,18,20). The molecule has 0 saturated heterocycles. The second kappa shape index (κ2) is 7.59. The lowest BCUT2D eigenvalue weighted by Gasteiger charge is -2.30. The number of hydrogen-bond acceptors (Lipinski definition) is 2. The third-order valence-corrected chi connectivity index (χ3v) is 5.80. The van der Waals surface area contributed by atoms with Gasteiger partial charge in [-0.05, 0) is 49.3 Å². The van der Waals surface area contributed by atoms with E-state index >= 15 is 0 Å². The second-order valence-corrected chi connectivity index (χ2v) is 7.85. The smallest absolute Gasteiger partial charge is 0.169 e. The summed E-state index contributed by atoms with van der Waals surface area (Å²) < 4.78 is 0. The second-order valence-electron chi connectivity index (χ2n) is 6.43. The van der Waals surface area contributed by atoms with Gasteiger partial charge in [-0.25, -0.2) is 0 Å². The minimum Gasteiger partial charge on any atom is -0.360 e. The first-order valence-electron chi connectivity index (χ1n) is 8.42. The van der Waals surface area contributed by atoms with Gasteiger partial charge in [0.25, 0.3) is 0 Å². The molecule has 2 aliphatic rings. The maximum atomic E-state index is 5.74. The summed E-state index contributed by atoms with van der Waals surface area (Å²) in [5.41, 5.74) is 0. The Morgan fingerprint density at radius 2 is 1.86 bits per heavy atom. The van der Waals surface area contributed by atoms with Crippen LogP contribution < -0.4 is 5.32 Å². The van der Waals surface area contributed by atoms with Crippen LogP contribution >= 0.6 is 23.6 Å². The highest BCUT2D eigenvalue weighted by molar-refractivity contribution is 7.80. The lowest BCUT2D eigenvalue weighted by atomic mass is 9.97. The van der Waals surface area contributed by atoms with Gasteiger partial charge in [-0.1, -0.05) is 38.2 Å². The van der Waals surface area contributed by atoms with E-state index in [4.69, 9.17) is 12.2 Å². The maximum Gasteiger partial charge on any atom is 0.169 e. The average molecular weight is 323 g/mol. The van der Waals surface area contributed by atoms with E-state index in [9.17, 15) is 0 Å². The minimum absolute atomic E-state index is 0.599. The van der Waals surface area contributed by atoms with Crippen LogP contribution in [0.5, 0.6) is 0 Å². The van der Waals surface area contributed by atoms with E-state index in [1.54, 1.807) is 0 Å². The molecule has 1 aromatic rings. The van der Waals surface area contributed by atoms with Gasteiger partial charge in [0, 0.05) is 17.0 Å². The van der Waals surface area contributed by atoms with Crippen LogP contribution in [-0.2, 0) is 6.54 Å². The number of hydrogen-bond donors (Lipinski definition) is 1. The summed E-state index contributed by atoms with van der Waals surface area (Å²) in [6, 6.07) is 5.64. The molecule has 2 aliphatic carbocycles. The van der Waals surface area contributed by atoms with Gasteiger partial charge in [0.05, 0.1) is 6.54 Å². The zero-order valence-electron chi connectivity index (χ0n) is 12.7. The molecule has 0 unspecified atom stereocenters. The predicted octanol–water partition coefficient (Wildman–Crippen LogP) is 4.70. The van der Waals surface area contributed by atoms with E-state index in [-0.39, 0.29) is 0 Å². The van der Waals surface area contributed by atoms with Crippen LogP contribution in [0.4, 0.5) is 0 Å². The minimum atomic E-state index is 0.599. The Hall–Kier alpha value is -0.610. The fourth-order valence-corrected chi connectivity index (χ4v) is 4.26. The number of thiocarbonyl (C=S) groups is 1. The van der Waals surface area contributed by atoms with Crippen LogP contribution in [0.2, 0.25) is 0 Å². The van der Waals surface area contributed by atoms with Crippen molar-refractivity contribution in [2.24, 2.45) is 0 Å². The zero-order valence-corrected chi connectivity index (χ0v) is 14.4. The summed E-state index contributed by atoms with van der Waals surface area (Å²) in [6.45, 7) is 0.987. The first-order chi connectivity index (χ1) is 10.3.